The largest absolute Gasteiger partial charge is 0.494 e. The molecular weight excluding hydrogens is 436 g/mol. The van der Waals surface area contributed by atoms with Crippen molar-refractivity contribution < 1.29 is 19.0 Å². The molecule has 0 heterocycles. The molecule has 0 saturated heterocycles. The highest BCUT2D eigenvalue weighted by Crippen LogP contribution is 2.36. The lowest BCUT2D eigenvalue weighted by Gasteiger charge is -2.14. The topological polar surface area (TPSA) is 69.2 Å². The average Bonchev–Trinajstić information content (AvgIpc) is 2.72. The number of carbonyl (C=O) groups excluding carboxylic acids is 1. The second-order valence-corrected chi connectivity index (χ2v) is 7.04. The number of benzene rings is 2. The molecule has 0 aromatic heterocycles. The number of hydrogen-bond acceptors (Lipinski definition) is 5. The van der Waals surface area contributed by atoms with Crippen LogP contribution in [0.1, 0.15) is 49.5 Å². The van der Waals surface area contributed by atoms with Crippen LogP contribution in [0, 0.1) is 0 Å². The highest BCUT2D eigenvalue weighted by atomic mass is 79.9. The summed E-state index contributed by atoms with van der Waals surface area (Å²) < 4.78 is 17.7. The van der Waals surface area contributed by atoms with Gasteiger partial charge in [-0.05, 0) is 77.7 Å². The van der Waals surface area contributed by atoms with Crippen molar-refractivity contribution in [3.63, 3.8) is 0 Å². The van der Waals surface area contributed by atoms with E-state index in [1.807, 2.05) is 32.9 Å². The molecule has 0 saturated carbocycles. The maximum Gasteiger partial charge on any atom is 0.271 e. The minimum absolute atomic E-state index is 0.296. The lowest BCUT2D eigenvalue weighted by atomic mass is 10.2. The molecule has 1 N–H and O–H groups in total. The van der Waals surface area contributed by atoms with Gasteiger partial charge in [-0.1, -0.05) is 13.8 Å². The van der Waals surface area contributed by atoms with E-state index in [1.165, 1.54) is 0 Å². The Morgan fingerprint density at radius 1 is 1.03 bits per heavy atom. The van der Waals surface area contributed by atoms with Gasteiger partial charge in [0, 0.05) is 5.56 Å². The van der Waals surface area contributed by atoms with E-state index >= 15 is 0 Å². The van der Waals surface area contributed by atoms with Crippen molar-refractivity contribution >= 4 is 28.1 Å². The van der Waals surface area contributed by atoms with Gasteiger partial charge in [0.25, 0.3) is 5.91 Å². The fraction of sp³-hybridized carbons (Fsp3) is 0.364. The first kappa shape index (κ1) is 22.7. The standard InChI is InChI=1S/C22H27BrN2O4/c1-4-11-28-18-9-7-17(8-10-18)22(26)25-24-15-16-13-19(23)21(29-12-5-2)20(14-16)27-6-3/h7-10,13-15H,4-6,11-12H2,1-3H3,(H,25,26)/b24-15+. The third-order valence-electron chi connectivity index (χ3n) is 3.75. The minimum Gasteiger partial charge on any atom is -0.494 e. The van der Waals surface area contributed by atoms with Crippen LogP contribution in [0.4, 0.5) is 0 Å². The van der Waals surface area contributed by atoms with Crippen LogP contribution in [0.2, 0.25) is 0 Å². The van der Waals surface area contributed by atoms with Crippen molar-refractivity contribution in [1.82, 2.24) is 5.43 Å². The van der Waals surface area contributed by atoms with Gasteiger partial charge >= 0.3 is 0 Å². The molecule has 2 rings (SSSR count). The first-order valence-corrected chi connectivity index (χ1v) is 10.5. The maximum atomic E-state index is 12.2. The molecule has 0 radical (unpaired) electrons. The van der Waals surface area contributed by atoms with Gasteiger partial charge in [0.2, 0.25) is 0 Å². The molecule has 1 amide bonds. The second-order valence-electron chi connectivity index (χ2n) is 6.18. The smallest absolute Gasteiger partial charge is 0.271 e. The van der Waals surface area contributed by atoms with Crippen molar-refractivity contribution in [2.24, 2.45) is 5.10 Å². The maximum absolute atomic E-state index is 12.2. The number of hydrogen-bond donors (Lipinski definition) is 1. The number of rotatable bonds is 11. The Hall–Kier alpha value is -2.54. The van der Waals surface area contributed by atoms with E-state index in [1.54, 1.807) is 30.5 Å². The molecule has 7 heteroatoms. The monoisotopic (exact) mass is 462 g/mol. The van der Waals surface area contributed by atoms with Gasteiger partial charge in [-0.3, -0.25) is 4.79 Å². The van der Waals surface area contributed by atoms with Crippen LogP contribution in [0.3, 0.4) is 0 Å². The molecule has 0 fully saturated rings. The summed E-state index contributed by atoms with van der Waals surface area (Å²) in [4.78, 5) is 12.2. The van der Waals surface area contributed by atoms with E-state index in [0.717, 1.165) is 28.6 Å². The molecule has 156 valence electrons. The molecular formula is C22H27BrN2O4. The van der Waals surface area contributed by atoms with Gasteiger partial charge in [0.15, 0.2) is 11.5 Å². The molecule has 6 nitrogen and oxygen atoms in total. The van der Waals surface area contributed by atoms with Crippen LogP contribution in [0.15, 0.2) is 46.0 Å². The van der Waals surface area contributed by atoms with Crippen LogP contribution < -0.4 is 19.6 Å². The van der Waals surface area contributed by atoms with E-state index in [0.29, 0.717) is 36.9 Å². The van der Waals surface area contributed by atoms with Crippen LogP contribution >= 0.6 is 15.9 Å². The summed E-state index contributed by atoms with van der Waals surface area (Å²) in [5, 5.41) is 4.05. The van der Waals surface area contributed by atoms with Gasteiger partial charge in [-0.2, -0.15) is 5.10 Å². The Labute approximate surface area is 180 Å². The summed E-state index contributed by atoms with van der Waals surface area (Å²) in [5.41, 5.74) is 3.81. The quantitative estimate of drug-likeness (QED) is 0.368. The first-order valence-electron chi connectivity index (χ1n) is 9.74. The van der Waals surface area contributed by atoms with Crippen molar-refractivity contribution in [1.29, 1.82) is 0 Å². The van der Waals surface area contributed by atoms with E-state index < -0.39 is 0 Å². The number of carbonyl (C=O) groups is 1. The molecule has 29 heavy (non-hydrogen) atoms. The fourth-order valence-electron chi connectivity index (χ4n) is 2.42. The van der Waals surface area contributed by atoms with E-state index in [2.05, 4.69) is 26.5 Å². The number of nitrogens with zero attached hydrogens (tertiary/aromatic N) is 1. The number of nitrogens with one attached hydrogen (secondary N) is 1. The zero-order valence-corrected chi connectivity index (χ0v) is 18.6. The Kier molecular flexibility index (Phi) is 9.50. The summed E-state index contributed by atoms with van der Waals surface area (Å²) in [6.07, 6.45) is 3.40. The Balaban J connectivity index is 2.04. The predicted molar refractivity (Wildman–Crippen MR) is 118 cm³/mol. The van der Waals surface area contributed by atoms with Crippen LogP contribution in [-0.2, 0) is 0 Å². The second kappa shape index (κ2) is 12.1. The number of hydrazone groups is 1. The Morgan fingerprint density at radius 2 is 1.72 bits per heavy atom. The van der Waals surface area contributed by atoms with Crippen LogP contribution in [-0.4, -0.2) is 31.9 Å². The summed E-state index contributed by atoms with van der Waals surface area (Å²) in [5.74, 6) is 1.74. The van der Waals surface area contributed by atoms with Crippen LogP contribution in [0.5, 0.6) is 17.2 Å². The van der Waals surface area contributed by atoms with Gasteiger partial charge in [-0.25, -0.2) is 5.43 Å². The lowest BCUT2D eigenvalue weighted by molar-refractivity contribution is 0.0955. The molecule has 2 aromatic rings. The fourth-order valence-corrected chi connectivity index (χ4v) is 3.00. The highest BCUT2D eigenvalue weighted by molar-refractivity contribution is 9.10. The summed E-state index contributed by atoms with van der Waals surface area (Å²) in [6, 6.07) is 10.7. The van der Waals surface area contributed by atoms with Gasteiger partial charge in [0.05, 0.1) is 30.5 Å². The van der Waals surface area contributed by atoms with Gasteiger partial charge in [-0.15, -0.1) is 0 Å². The third-order valence-corrected chi connectivity index (χ3v) is 4.34. The lowest BCUT2D eigenvalue weighted by Crippen LogP contribution is -2.17. The molecule has 0 bridgehead atoms. The zero-order valence-electron chi connectivity index (χ0n) is 17.0. The van der Waals surface area contributed by atoms with Crippen molar-refractivity contribution in [3.8, 4) is 17.2 Å². The summed E-state index contributed by atoms with van der Waals surface area (Å²) in [6.45, 7) is 7.77. The average molecular weight is 463 g/mol. The van der Waals surface area contributed by atoms with Gasteiger partial charge < -0.3 is 14.2 Å². The summed E-state index contributed by atoms with van der Waals surface area (Å²) >= 11 is 3.51. The molecule has 0 spiro atoms. The predicted octanol–water partition coefficient (Wildman–Crippen LogP) is 5.19. The highest BCUT2D eigenvalue weighted by Gasteiger charge is 2.12. The SMILES string of the molecule is CCCOc1ccc(C(=O)N/N=C/c2cc(Br)c(OCCC)c(OCC)c2)cc1. The Morgan fingerprint density at radius 3 is 2.38 bits per heavy atom. The van der Waals surface area contributed by atoms with Crippen LogP contribution in [0.25, 0.3) is 0 Å². The Bertz CT molecular complexity index is 822. The molecule has 0 aliphatic heterocycles. The molecule has 0 atom stereocenters. The minimum atomic E-state index is -0.296. The number of amides is 1. The molecule has 2 aromatic carbocycles. The summed E-state index contributed by atoms with van der Waals surface area (Å²) in [7, 11) is 0. The van der Waals surface area contributed by atoms with E-state index in [9.17, 15) is 4.79 Å². The number of ether oxygens (including phenoxy) is 3. The molecule has 0 unspecified atom stereocenters. The first-order chi connectivity index (χ1) is 14.1. The van der Waals surface area contributed by atoms with Crippen molar-refractivity contribution in [2.45, 2.75) is 33.6 Å². The van der Waals surface area contributed by atoms with E-state index in [4.69, 9.17) is 14.2 Å². The molecule has 0 aliphatic carbocycles. The van der Waals surface area contributed by atoms with Crippen molar-refractivity contribution in [2.75, 3.05) is 19.8 Å². The van der Waals surface area contributed by atoms with Crippen molar-refractivity contribution in [3.05, 3.63) is 52.0 Å². The molecule has 0 aliphatic rings. The zero-order chi connectivity index (χ0) is 21.1. The normalized spacial score (nSPS) is 10.8. The van der Waals surface area contributed by atoms with Gasteiger partial charge in [0.1, 0.15) is 5.75 Å². The van der Waals surface area contributed by atoms with E-state index in [-0.39, 0.29) is 5.91 Å². The number of halogens is 1. The third kappa shape index (κ3) is 7.09.